The predicted molar refractivity (Wildman–Crippen MR) is 47.4 cm³/mol. The van der Waals surface area contributed by atoms with Crippen LogP contribution in [0.4, 0.5) is 5.69 Å². The fourth-order valence-corrected chi connectivity index (χ4v) is 1.43. The minimum absolute atomic E-state index is 0.912. The van der Waals surface area contributed by atoms with E-state index in [2.05, 4.69) is 0 Å². The highest BCUT2D eigenvalue weighted by atomic mass is 32.2. The van der Waals surface area contributed by atoms with E-state index in [-0.39, 0.29) is 0 Å². The van der Waals surface area contributed by atoms with E-state index in [0.29, 0.717) is 0 Å². The maximum atomic E-state index is 5.77. The monoisotopic (exact) mass is 153 g/mol. The number of aryl methyl sites for hydroxylation is 1. The summed E-state index contributed by atoms with van der Waals surface area (Å²) < 4.78 is 0. The normalized spacial score (nSPS) is 9.80. The largest absolute Gasteiger partial charge is 0.398 e. The van der Waals surface area contributed by atoms with Crippen LogP contribution in [-0.2, 0) is 0 Å². The molecule has 1 aromatic carbocycles. The molecule has 10 heavy (non-hydrogen) atoms. The minimum atomic E-state index is 0.912. The molecule has 2 heteroatoms. The molecule has 0 aliphatic carbocycles. The van der Waals surface area contributed by atoms with Crippen molar-refractivity contribution in [1.29, 1.82) is 0 Å². The number of anilines is 1. The van der Waals surface area contributed by atoms with Crippen molar-refractivity contribution in [3.63, 3.8) is 0 Å². The summed E-state index contributed by atoms with van der Waals surface area (Å²) in [5.41, 5.74) is 7.84. The summed E-state index contributed by atoms with van der Waals surface area (Å²) in [7, 11) is 0. The van der Waals surface area contributed by atoms with Crippen LogP contribution >= 0.6 is 11.8 Å². The highest BCUT2D eigenvalue weighted by Gasteiger charge is 1.97. The Morgan fingerprint density at radius 3 is 2.60 bits per heavy atom. The number of thioether (sulfide) groups is 1. The van der Waals surface area contributed by atoms with Crippen LogP contribution in [0, 0.1) is 6.92 Å². The molecule has 0 radical (unpaired) electrons. The first kappa shape index (κ1) is 7.48. The molecule has 2 N–H and O–H groups in total. The molecule has 0 fully saturated rings. The summed E-state index contributed by atoms with van der Waals surface area (Å²) >= 11 is 1.68. The van der Waals surface area contributed by atoms with Crippen molar-refractivity contribution in [2.75, 3.05) is 12.0 Å². The predicted octanol–water partition coefficient (Wildman–Crippen LogP) is 2.30. The van der Waals surface area contributed by atoms with Crippen molar-refractivity contribution in [3.05, 3.63) is 23.8 Å². The zero-order valence-electron chi connectivity index (χ0n) is 6.22. The fraction of sp³-hybridized carbons (Fsp3) is 0.250. The van der Waals surface area contributed by atoms with Gasteiger partial charge in [0.1, 0.15) is 0 Å². The summed E-state index contributed by atoms with van der Waals surface area (Å²) in [6.45, 7) is 2.02. The van der Waals surface area contributed by atoms with Gasteiger partial charge in [0.05, 0.1) is 0 Å². The molecule has 0 amide bonds. The van der Waals surface area contributed by atoms with Gasteiger partial charge in [-0.05, 0) is 24.8 Å². The average Bonchev–Trinajstić information content (AvgIpc) is 1.95. The Morgan fingerprint density at radius 2 is 2.10 bits per heavy atom. The summed E-state index contributed by atoms with van der Waals surface area (Å²) in [6, 6.07) is 6.08. The topological polar surface area (TPSA) is 26.0 Å². The van der Waals surface area contributed by atoms with Gasteiger partial charge in [0.25, 0.3) is 0 Å². The molecule has 1 nitrogen and oxygen atoms in total. The van der Waals surface area contributed by atoms with Gasteiger partial charge < -0.3 is 5.73 Å². The summed E-state index contributed by atoms with van der Waals surface area (Å²) in [4.78, 5) is 1.17. The van der Waals surface area contributed by atoms with E-state index in [9.17, 15) is 0 Å². The van der Waals surface area contributed by atoms with E-state index in [4.69, 9.17) is 5.73 Å². The summed E-state index contributed by atoms with van der Waals surface area (Å²) in [6.07, 6.45) is 2.03. The van der Waals surface area contributed by atoms with E-state index in [1.165, 1.54) is 4.90 Å². The molecule has 0 aromatic heterocycles. The molecule has 0 atom stereocenters. The lowest BCUT2D eigenvalue weighted by Crippen LogP contribution is -1.90. The molecule has 1 aromatic rings. The molecule has 0 aliphatic rings. The lowest BCUT2D eigenvalue weighted by Gasteiger charge is -2.03. The molecule has 0 bridgehead atoms. The molecule has 0 spiro atoms. The van der Waals surface area contributed by atoms with Crippen LogP contribution in [0.1, 0.15) is 5.56 Å². The number of rotatable bonds is 1. The van der Waals surface area contributed by atoms with Crippen LogP contribution in [0.5, 0.6) is 0 Å². The number of hydrogen-bond acceptors (Lipinski definition) is 2. The lowest BCUT2D eigenvalue weighted by atomic mass is 10.2. The van der Waals surface area contributed by atoms with Gasteiger partial charge in [0.15, 0.2) is 0 Å². The molecule has 54 valence electrons. The first-order valence-corrected chi connectivity index (χ1v) is 4.37. The number of benzene rings is 1. The summed E-state index contributed by atoms with van der Waals surface area (Å²) in [5.74, 6) is 0. The van der Waals surface area contributed by atoms with Gasteiger partial charge in [0, 0.05) is 10.6 Å². The molecule has 0 unspecified atom stereocenters. The Hall–Kier alpha value is -0.630. The standard InChI is InChI=1S/C8H11NS/c1-6-4-3-5-7(10-2)8(6)9/h3-5H,9H2,1-2H3. The maximum absolute atomic E-state index is 5.77. The van der Waals surface area contributed by atoms with Crippen molar-refractivity contribution in [3.8, 4) is 0 Å². The molecule has 0 saturated carbocycles. The Morgan fingerprint density at radius 1 is 1.40 bits per heavy atom. The highest BCUT2D eigenvalue weighted by Crippen LogP contribution is 2.24. The zero-order valence-corrected chi connectivity index (χ0v) is 7.03. The SMILES string of the molecule is CSc1cccc(C)c1N. The van der Waals surface area contributed by atoms with Crippen molar-refractivity contribution >= 4 is 17.4 Å². The van der Waals surface area contributed by atoms with Crippen LogP contribution in [0.25, 0.3) is 0 Å². The van der Waals surface area contributed by atoms with E-state index in [1.807, 2.05) is 31.4 Å². The number of nitrogens with two attached hydrogens (primary N) is 1. The van der Waals surface area contributed by atoms with Gasteiger partial charge in [-0.25, -0.2) is 0 Å². The molecule has 0 saturated heterocycles. The van der Waals surface area contributed by atoms with E-state index < -0.39 is 0 Å². The third-order valence-corrected chi connectivity index (χ3v) is 2.30. The highest BCUT2D eigenvalue weighted by molar-refractivity contribution is 7.98. The molecule has 1 rings (SSSR count). The van der Waals surface area contributed by atoms with Crippen molar-refractivity contribution in [2.24, 2.45) is 0 Å². The van der Waals surface area contributed by atoms with Gasteiger partial charge in [-0.3, -0.25) is 0 Å². The lowest BCUT2D eigenvalue weighted by molar-refractivity contribution is 1.37. The Balaban J connectivity index is 3.14. The number of hydrogen-bond donors (Lipinski definition) is 1. The smallest absolute Gasteiger partial charge is 0.0481 e. The Kier molecular flexibility index (Phi) is 2.22. The third kappa shape index (κ3) is 1.27. The fourth-order valence-electron chi connectivity index (χ4n) is 0.832. The van der Waals surface area contributed by atoms with Crippen molar-refractivity contribution in [1.82, 2.24) is 0 Å². The van der Waals surface area contributed by atoms with Gasteiger partial charge in [-0.1, -0.05) is 12.1 Å². The third-order valence-electron chi connectivity index (χ3n) is 1.50. The van der Waals surface area contributed by atoms with E-state index in [0.717, 1.165) is 11.3 Å². The second kappa shape index (κ2) is 2.97. The quantitative estimate of drug-likeness (QED) is 0.495. The second-order valence-corrected chi connectivity index (χ2v) is 3.04. The van der Waals surface area contributed by atoms with Crippen LogP contribution in [0.3, 0.4) is 0 Å². The molecular formula is C8H11NS. The van der Waals surface area contributed by atoms with Crippen LogP contribution in [0.2, 0.25) is 0 Å². The Labute approximate surface area is 65.6 Å². The molecular weight excluding hydrogens is 142 g/mol. The van der Waals surface area contributed by atoms with E-state index >= 15 is 0 Å². The number of nitrogen functional groups attached to an aromatic ring is 1. The first-order chi connectivity index (χ1) is 4.75. The van der Waals surface area contributed by atoms with E-state index in [1.54, 1.807) is 11.8 Å². The molecule has 0 aliphatic heterocycles. The van der Waals surface area contributed by atoms with Gasteiger partial charge in [0.2, 0.25) is 0 Å². The maximum Gasteiger partial charge on any atom is 0.0481 e. The van der Waals surface area contributed by atoms with Gasteiger partial charge in [-0.15, -0.1) is 11.8 Å². The second-order valence-electron chi connectivity index (χ2n) is 2.19. The van der Waals surface area contributed by atoms with Crippen molar-refractivity contribution < 1.29 is 0 Å². The van der Waals surface area contributed by atoms with Gasteiger partial charge >= 0.3 is 0 Å². The average molecular weight is 153 g/mol. The Bertz CT molecular complexity index is 233. The first-order valence-electron chi connectivity index (χ1n) is 3.15. The van der Waals surface area contributed by atoms with Crippen LogP contribution < -0.4 is 5.73 Å². The van der Waals surface area contributed by atoms with Crippen LogP contribution in [-0.4, -0.2) is 6.26 Å². The zero-order chi connectivity index (χ0) is 7.56. The van der Waals surface area contributed by atoms with Crippen molar-refractivity contribution in [2.45, 2.75) is 11.8 Å². The number of para-hydroxylation sites is 1. The summed E-state index contributed by atoms with van der Waals surface area (Å²) in [5, 5.41) is 0. The van der Waals surface area contributed by atoms with Gasteiger partial charge in [-0.2, -0.15) is 0 Å². The molecule has 0 heterocycles. The van der Waals surface area contributed by atoms with Crippen LogP contribution in [0.15, 0.2) is 23.1 Å². The minimum Gasteiger partial charge on any atom is -0.398 e.